The molecule has 2 unspecified atom stereocenters. The van der Waals surface area contributed by atoms with Crippen molar-refractivity contribution in [3.8, 4) is 0 Å². The molecule has 0 saturated carbocycles. The van der Waals surface area contributed by atoms with Gasteiger partial charge in [0.05, 0.1) is 6.04 Å². The van der Waals surface area contributed by atoms with Gasteiger partial charge in [0.25, 0.3) is 0 Å². The van der Waals surface area contributed by atoms with Crippen molar-refractivity contribution in [1.29, 1.82) is 0 Å². The number of nitrogens with zero attached hydrogens (tertiary/aromatic N) is 1. The van der Waals surface area contributed by atoms with E-state index < -0.39 is 0 Å². The van der Waals surface area contributed by atoms with Crippen LogP contribution in [0.4, 0.5) is 0 Å². The van der Waals surface area contributed by atoms with Gasteiger partial charge in [0, 0.05) is 19.1 Å². The van der Waals surface area contributed by atoms with Crippen molar-refractivity contribution in [1.82, 2.24) is 10.2 Å². The van der Waals surface area contributed by atoms with Crippen LogP contribution in [0.5, 0.6) is 0 Å². The highest BCUT2D eigenvalue weighted by Gasteiger charge is 2.18. The fourth-order valence-electron chi connectivity index (χ4n) is 1.81. The van der Waals surface area contributed by atoms with Gasteiger partial charge in [-0.05, 0) is 32.7 Å². The van der Waals surface area contributed by atoms with E-state index in [1.165, 1.54) is 12.8 Å². The maximum atomic E-state index is 11.9. The fourth-order valence-corrected chi connectivity index (χ4v) is 1.81. The highest BCUT2D eigenvalue weighted by atomic mass is 16.2. The van der Waals surface area contributed by atoms with Gasteiger partial charge in [-0.15, -0.1) is 0 Å². The van der Waals surface area contributed by atoms with Crippen LogP contribution < -0.4 is 11.1 Å². The molecule has 0 aliphatic heterocycles. The van der Waals surface area contributed by atoms with Gasteiger partial charge in [0.2, 0.25) is 5.91 Å². The first-order valence-electron chi connectivity index (χ1n) is 7.63. The molecule has 0 aliphatic rings. The third-order valence-electron chi connectivity index (χ3n) is 3.79. The summed E-state index contributed by atoms with van der Waals surface area (Å²) in [7, 11) is 1.99. The van der Waals surface area contributed by atoms with Crippen LogP contribution in [0.1, 0.15) is 53.4 Å². The largest absolute Gasteiger partial charge is 0.355 e. The first-order chi connectivity index (χ1) is 8.90. The Bertz CT molecular complexity index is 244. The first kappa shape index (κ1) is 18.4. The summed E-state index contributed by atoms with van der Waals surface area (Å²) in [4.78, 5) is 14.0. The van der Waals surface area contributed by atoms with E-state index in [0.717, 1.165) is 25.9 Å². The highest BCUT2D eigenvalue weighted by molar-refractivity contribution is 5.81. The van der Waals surface area contributed by atoms with E-state index in [1.54, 1.807) is 0 Å². The lowest BCUT2D eigenvalue weighted by atomic mass is 10.0. The molecule has 0 fully saturated rings. The first-order valence-corrected chi connectivity index (χ1v) is 7.63. The number of likely N-dealkylation sites (N-methyl/N-ethyl adjacent to an activating group) is 1. The molecule has 4 nitrogen and oxygen atoms in total. The van der Waals surface area contributed by atoms with Gasteiger partial charge in [-0.25, -0.2) is 0 Å². The van der Waals surface area contributed by atoms with Crippen LogP contribution in [0, 0.1) is 5.92 Å². The summed E-state index contributed by atoms with van der Waals surface area (Å²) < 4.78 is 0. The van der Waals surface area contributed by atoms with Crippen LogP contribution in [-0.2, 0) is 4.79 Å². The number of carbonyl (C=O) groups is 1. The van der Waals surface area contributed by atoms with Crippen molar-refractivity contribution >= 4 is 5.91 Å². The van der Waals surface area contributed by atoms with Crippen molar-refractivity contribution in [3.63, 3.8) is 0 Å². The summed E-state index contributed by atoms with van der Waals surface area (Å²) >= 11 is 0. The topological polar surface area (TPSA) is 58.4 Å². The number of nitrogens with two attached hydrogens (primary N) is 1. The lowest BCUT2D eigenvalue weighted by Crippen LogP contribution is -2.45. The van der Waals surface area contributed by atoms with Gasteiger partial charge in [0.1, 0.15) is 0 Å². The summed E-state index contributed by atoms with van der Waals surface area (Å²) in [6.45, 7) is 10.0. The van der Waals surface area contributed by atoms with Crippen LogP contribution in [0.15, 0.2) is 0 Å². The Balaban J connectivity index is 3.90. The van der Waals surface area contributed by atoms with Crippen molar-refractivity contribution in [2.45, 2.75) is 65.5 Å². The zero-order valence-corrected chi connectivity index (χ0v) is 13.4. The van der Waals surface area contributed by atoms with E-state index in [0.29, 0.717) is 5.92 Å². The predicted octanol–water partition coefficient (Wildman–Crippen LogP) is 1.99. The summed E-state index contributed by atoms with van der Waals surface area (Å²) in [6, 6.07) is 0.128. The van der Waals surface area contributed by atoms with Crippen molar-refractivity contribution in [2.24, 2.45) is 11.7 Å². The number of rotatable bonds is 10. The monoisotopic (exact) mass is 271 g/mol. The SMILES string of the molecule is CCCCCNC(=O)C(C)N(C)CCC(N)C(C)C. The molecular weight excluding hydrogens is 238 g/mol. The maximum Gasteiger partial charge on any atom is 0.237 e. The third-order valence-corrected chi connectivity index (χ3v) is 3.79. The van der Waals surface area contributed by atoms with E-state index in [-0.39, 0.29) is 18.0 Å². The van der Waals surface area contributed by atoms with Crippen LogP contribution >= 0.6 is 0 Å². The predicted molar refractivity (Wildman–Crippen MR) is 82.1 cm³/mol. The zero-order valence-electron chi connectivity index (χ0n) is 13.4. The fraction of sp³-hybridized carbons (Fsp3) is 0.933. The molecule has 4 heteroatoms. The maximum absolute atomic E-state index is 11.9. The molecule has 2 atom stereocenters. The van der Waals surface area contributed by atoms with Gasteiger partial charge in [0.15, 0.2) is 0 Å². The third kappa shape index (κ3) is 8.22. The Morgan fingerprint density at radius 2 is 1.89 bits per heavy atom. The molecule has 0 aromatic heterocycles. The highest BCUT2D eigenvalue weighted by Crippen LogP contribution is 2.05. The molecule has 1 amide bonds. The quantitative estimate of drug-likeness (QED) is 0.597. The van der Waals surface area contributed by atoms with Gasteiger partial charge in [-0.1, -0.05) is 33.6 Å². The average molecular weight is 271 g/mol. The molecule has 19 heavy (non-hydrogen) atoms. The van der Waals surface area contributed by atoms with Crippen molar-refractivity contribution < 1.29 is 4.79 Å². The number of amides is 1. The molecule has 3 N–H and O–H groups in total. The molecule has 114 valence electrons. The Hall–Kier alpha value is -0.610. The second-order valence-corrected chi connectivity index (χ2v) is 5.85. The summed E-state index contributed by atoms with van der Waals surface area (Å²) in [6.07, 6.45) is 4.35. The normalized spacial score (nSPS) is 14.7. The molecule has 0 aromatic carbocycles. The lowest BCUT2D eigenvalue weighted by Gasteiger charge is -2.26. The Morgan fingerprint density at radius 3 is 2.42 bits per heavy atom. The number of hydrogen-bond acceptors (Lipinski definition) is 3. The molecule has 0 radical (unpaired) electrons. The number of hydrogen-bond donors (Lipinski definition) is 2. The number of unbranched alkanes of at least 4 members (excludes halogenated alkanes) is 2. The van der Waals surface area contributed by atoms with E-state index in [4.69, 9.17) is 5.73 Å². The van der Waals surface area contributed by atoms with Crippen LogP contribution in [0.2, 0.25) is 0 Å². The minimum absolute atomic E-state index is 0.0824. The molecule has 0 saturated heterocycles. The van der Waals surface area contributed by atoms with Crippen molar-refractivity contribution in [2.75, 3.05) is 20.1 Å². The summed E-state index contributed by atoms with van der Waals surface area (Å²) in [5.74, 6) is 0.614. The summed E-state index contributed by atoms with van der Waals surface area (Å²) in [5, 5.41) is 3.00. The van der Waals surface area contributed by atoms with E-state index >= 15 is 0 Å². The van der Waals surface area contributed by atoms with Gasteiger partial charge < -0.3 is 11.1 Å². The minimum Gasteiger partial charge on any atom is -0.355 e. The molecule has 0 aromatic rings. The van der Waals surface area contributed by atoms with Crippen LogP contribution in [0.3, 0.4) is 0 Å². The number of nitrogens with one attached hydrogen (secondary N) is 1. The van der Waals surface area contributed by atoms with Gasteiger partial charge in [-0.3, -0.25) is 9.69 Å². The second-order valence-electron chi connectivity index (χ2n) is 5.85. The van der Waals surface area contributed by atoms with Crippen molar-refractivity contribution in [3.05, 3.63) is 0 Å². The summed E-state index contributed by atoms with van der Waals surface area (Å²) in [5.41, 5.74) is 6.03. The molecular formula is C15H33N3O. The van der Waals surface area contributed by atoms with E-state index in [2.05, 4.69) is 31.0 Å². The molecule has 0 rings (SSSR count). The smallest absolute Gasteiger partial charge is 0.237 e. The Morgan fingerprint density at radius 1 is 1.26 bits per heavy atom. The zero-order chi connectivity index (χ0) is 14.8. The average Bonchev–Trinajstić information content (AvgIpc) is 2.39. The molecule has 0 spiro atoms. The van der Waals surface area contributed by atoms with Crippen LogP contribution in [-0.4, -0.2) is 43.0 Å². The standard InChI is InChI=1S/C15H33N3O/c1-6-7-8-10-17-15(19)13(4)18(5)11-9-14(16)12(2)3/h12-14H,6-11,16H2,1-5H3,(H,17,19). The second kappa shape index (κ2) is 10.2. The molecule has 0 bridgehead atoms. The lowest BCUT2D eigenvalue weighted by molar-refractivity contribution is -0.125. The molecule has 0 heterocycles. The molecule has 0 aliphatic carbocycles. The minimum atomic E-state index is -0.0824. The van der Waals surface area contributed by atoms with Crippen LogP contribution in [0.25, 0.3) is 0 Å². The Kier molecular flexibility index (Phi) is 9.88. The van der Waals surface area contributed by atoms with Gasteiger partial charge in [-0.2, -0.15) is 0 Å². The number of carbonyl (C=O) groups excluding carboxylic acids is 1. The van der Waals surface area contributed by atoms with E-state index in [9.17, 15) is 4.79 Å². The Labute approximate surface area is 119 Å². The van der Waals surface area contributed by atoms with E-state index in [1.807, 2.05) is 14.0 Å². The van der Waals surface area contributed by atoms with Gasteiger partial charge >= 0.3 is 0 Å².